The van der Waals surface area contributed by atoms with Crippen LogP contribution >= 0.6 is 0 Å². The second-order valence-electron chi connectivity index (χ2n) is 5.30. The average Bonchev–Trinajstić information content (AvgIpc) is 3.14. The Hall–Kier alpha value is -1.82. The number of aromatic amines is 1. The van der Waals surface area contributed by atoms with Gasteiger partial charge < -0.3 is 10.3 Å². The maximum absolute atomic E-state index is 12.7. The molecule has 112 valence electrons. The van der Waals surface area contributed by atoms with Crippen LogP contribution in [-0.4, -0.2) is 22.6 Å². The van der Waals surface area contributed by atoms with Gasteiger partial charge in [-0.05, 0) is 25.0 Å². The number of hydrogen-bond donors (Lipinski definition) is 2. The molecule has 1 heterocycles. The summed E-state index contributed by atoms with van der Waals surface area (Å²) in [6, 6.07) is 5.91. The summed E-state index contributed by atoms with van der Waals surface area (Å²) in [5.41, 5.74) is 0.466. The molecule has 6 heteroatoms. The Bertz CT molecular complexity index is 615. The predicted molar refractivity (Wildman–Crippen MR) is 73.8 cm³/mol. The van der Waals surface area contributed by atoms with E-state index in [2.05, 4.69) is 15.3 Å². The summed E-state index contributed by atoms with van der Waals surface area (Å²) in [4.78, 5) is 7.31. The summed E-state index contributed by atoms with van der Waals surface area (Å²) in [6.07, 6.45) is 0.464. The van der Waals surface area contributed by atoms with Crippen molar-refractivity contribution in [2.24, 2.45) is 0 Å². The van der Waals surface area contributed by atoms with Crippen LogP contribution in [0.25, 0.3) is 11.3 Å². The molecule has 1 aliphatic rings. The van der Waals surface area contributed by atoms with Crippen molar-refractivity contribution < 1.29 is 13.2 Å². The number of alkyl halides is 3. The van der Waals surface area contributed by atoms with Gasteiger partial charge in [0.15, 0.2) is 0 Å². The summed E-state index contributed by atoms with van der Waals surface area (Å²) in [7, 11) is 0. The first-order valence-corrected chi connectivity index (χ1v) is 6.97. The van der Waals surface area contributed by atoms with Crippen molar-refractivity contribution in [3.8, 4) is 11.3 Å². The highest BCUT2D eigenvalue weighted by molar-refractivity contribution is 5.59. The smallest absolute Gasteiger partial charge is 0.342 e. The molecule has 0 saturated heterocycles. The van der Waals surface area contributed by atoms with Crippen LogP contribution in [0.1, 0.15) is 24.2 Å². The maximum atomic E-state index is 12.7. The van der Waals surface area contributed by atoms with Gasteiger partial charge in [0, 0.05) is 24.6 Å². The average molecular weight is 295 g/mol. The van der Waals surface area contributed by atoms with E-state index in [-0.39, 0.29) is 0 Å². The molecule has 1 aromatic heterocycles. The zero-order chi connectivity index (χ0) is 14.9. The van der Waals surface area contributed by atoms with Gasteiger partial charge in [0.25, 0.3) is 0 Å². The molecule has 0 spiro atoms. The van der Waals surface area contributed by atoms with Gasteiger partial charge in [0.1, 0.15) is 5.82 Å². The minimum atomic E-state index is -4.33. The minimum Gasteiger partial charge on any atom is -0.342 e. The van der Waals surface area contributed by atoms with Crippen LogP contribution in [-0.2, 0) is 12.6 Å². The molecule has 1 saturated carbocycles. The molecule has 1 fully saturated rings. The third kappa shape index (κ3) is 3.64. The van der Waals surface area contributed by atoms with Gasteiger partial charge in [0.2, 0.25) is 0 Å². The molecule has 0 atom stereocenters. The van der Waals surface area contributed by atoms with E-state index >= 15 is 0 Å². The molecular weight excluding hydrogens is 279 g/mol. The number of halogens is 3. The lowest BCUT2D eigenvalue weighted by atomic mass is 10.1. The number of aromatic nitrogens is 2. The molecule has 2 aromatic rings. The molecule has 0 unspecified atom stereocenters. The van der Waals surface area contributed by atoms with E-state index in [4.69, 9.17) is 0 Å². The van der Waals surface area contributed by atoms with E-state index in [0.29, 0.717) is 17.3 Å². The van der Waals surface area contributed by atoms with Crippen molar-refractivity contribution in [3.05, 3.63) is 41.9 Å². The molecule has 3 rings (SSSR count). The Labute approximate surface area is 120 Å². The van der Waals surface area contributed by atoms with Gasteiger partial charge in [0.05, 0.1) is 17.5 Å². The lowest BCUT2D eigenvalue weighted by molar-refractivity contribution is -0.137. The van der Waals surface area contributed by atoms with E-state index in [1.807, 2.05) is 0 Å². The molecule has 3 nitrogen and oxygen atoms in total. The van der Waals surface area contributed by atoms with Crippen molar-refractivity contribution in [1.82, 2.24) is 15.3 Å². The summed E-state index contributed by atoms with van der Waals surface area (Å²) >= 11 is 0. The maximum Gasteiger partial charge on any atom is 0.416 e. The number of benzene rings is 1. The van der Waals surface area contributed by atoms with E-state index in [1.165, 1.54) is 18.9 Å². The number of rotatable bonds is 5. The highest BCUT2D eigenvalue weighted by Crippen LogP contribution is 2.31. The zero-order valence-electron chi connectivity index (χ0n) is 11.4. The van der Waals surface area contributed by atoms with Crippen molar-refractivity contribution in [2.75, 3.05) is 6.54 Å². The Morgan fingerprint density at radius 1 is 1.29 bits per heavy atom. The van der Waals surface area contributed by atoms with Gasteiger partial charge in [-0.3, -0.25) is 0 Å². The largest absolute Gasteiger partial charge is 0.416 e. The van der Waals surface area contributed by atoms with E-state index in [1.54, 1.807) is 12.3 Å². The van der Waals surface area contributed by atoms with Crippen LogP contribution in [0.2, 0.25) is 0 Å². The van der Waals surface area contributed by atoms with Gasteiger partial charge in [-0.15, -0.1) is 0 Å². The van der Waals surface area contributed by atoms with Crippen LogP contribution in [0.3, 0.4) is 0 Å². The van der Waals surface area contributed by atoms with Crippen LogP contribution < -0.4 is 5.32 Å². The number of hydrogen-bond acceptors (Lipinski definition) is 2. The molecule has 0 amide bonds. The van der Waals surface area contributed by atoms with Crippen LogP contribution in [0.4, 0.5) is 13.2 Å². The van der Waals surface area contributed by atoms with Crippen LogP contribution in [0.15, 0.2) is 30.5 Å². The van der Waals surface area contributed by atoms with Gasteiger partial charge in [-0.2, -0.15) is 13.2 Å². The molecular formula is C15H16F3N3. The fourth-order valence-corrected chi connectivity index (χ4v) is 2.18. The second-order valence-corrected chi connectivity index (χ2v) is 5.30. The zero-order valence-corrected chi connectivity index (χ0v) is 11.4. The first-order chi connectivity index (χ1) is 10.0. The number of nitrogens with zero attached hydrogens (tertiary/aromatic N) is 1. The van der Waals surface area contributed by atoms with E-state index in [9.17, 15) is 13.2 Å². The fourth-order valence-electron chi connectivity index (χ4n) is 2.18. The number of imidazole rings is 1. The third-order valence-corrected chi connectivity index (χ3v) is 3.50. The van der Waals surface area contributed by atoms with Crippen molar-refractivity contribution in [1.29, 1.82) is 0 Å². The topological polar surface area (TPSA) is 40.7 Å². The highest BCUT2D eigenvalue weighted by atomic mass is 19.4. The van der Waals surface area contributed by atoms with Crippen molar-refractivity contribution in [3.63, 3.8) is 0 Å². The normalized spacial score (nSPS) is 15.4. The third-order valence-electron chi connectivity index (χ3n) is 3.50. The molecule has 0 bridgehead atoms. The lowest BCUT2D eigenvalue weighted by Gasteiger charge is -2.07. The first kappa shape index (κ1) is 14.1. The van der Waals surface area contributed by atoms with E-state index < -0.39 is 11.7 Å². The summed E-state index contributed by atoms with van der Waals surface area (Å²) in [5, 5.41) is 3.37. The van der Waals surface area contributed by atoms with Gasteiger partial charge in [-0.25, -0.2) is 4.98 Å². The molecule has 1 aliphatic carbocycles. The van der Waals surface area contributed by atoms with Gasteiger partial charge >= 0.3 is 6.18 Å². The highest BCUT2D eigenvalue weighted by Gasteiger charge is 2.30. The monoisotopic (exact) mass is 295 g/mol. The molecule has 1 aromatic carbocycles. The van der Waals surface area contributed by atoms with Gasteiger partial charge in [-0.1, -0.05) is 12.1 Å². The van der Waals surface area contributed by atoms with Crippen LogP contribution in [0, 0.1) is 0 Å². The standard InChI is InChI=1S/C15H16F3N3/c16-15(17,18)11-3-1-2-10(8-11)13-9-20-14(21-13)6-7-19-12-4-5-12/h1-3,8-9,12,19H,4-7H2,(H,20,21). The second kappa shape index (κ2) is 5.52. The fraction of sp³-hybridized carbons (Fsp3) is 0.400. The van der Waals surface area contributed by atoms with Crippen LogP contribution in [0.5, 0.6) is 0 Å². The predicted octanol–water partition coefficient (Wildman–Crippen LogP) is 3.39. The lowest BCUT2D eigenvalue weighted by Crippen LogP contribution is -2.19. The Morgan fingerprint density at radius 2 is 2.10 bits per heavy atom. The first-order valence-electron chi connectivity index (χ1n) is 6.97. The summed E-state index contributed by atoms with van der Waals surface area (Å²) in [5.74, 6) is 0.788. The van der Waals surface area contributed by atoms with Crippen molar-refractivity contribution >= 4 is 0 Å². The number of H-pyrrole nitrogens is 1. The SMILES string of the molecule is FC(F)(F)c1cccc(-c2cnc(CCNC3CC3)[nH]2)c1. The molecule has 0 radical (unpaired) electrons. The Morgan fingerprint density at radius 3 is 2.81 bits per heavy atom. The quantitative estimate of drug-likeness (QED) is 0.887. The molecule has 21 heavy (non-hydrogen) atoms. The molecule has 2 N–H and O–H groups in total. The summed E-state index contributed by atoms with van der Waals surface area (Å²) < 4.78 is 38.1. The molecule has 0 aliphatic heterocycles. The van der Waals surface area contributed by atoms with Crippen molar-refractivity contribution in [2.45, 2.75) is 31.5 Å². The Balaban J connectivity index is 1.70. The van der Waals surface area contributed by atoms with E-state index in [0.717, 1.165) is 30.9 Å². The number of nitrogens with one attached hydrogen (secondary N) is 2. The Kier molecular flexibility index (Phi) is 3.71. The minimum absolute atomic E-state index is 0.499. The summed E-state index contributed by atoms with van der Waals surface area (Å²) in [6.45, 7) is 0.834.